The third-order valence-corrected chi connectivity index (χ3v) is 4.95. The largest absolute Gasteiger partial charge is 0.439 e. The Kier molecular flexibility index (Phi) is 3.85. The Morgan fingerprint density at radius 3 is 2.70 bits per heavy atom. The number of piperazine rings is 1. The Morgan fingerprint density at radius 1 is 1.13 bits per heavy atom. The van der Waals surface area contributed by atoms with Gasteiger partial charge in [0.25, 0.3) is 5.91 Å². The van der Waals surface area contributed by atoms with Crippen LogP contribution >= 0.6 is 11.3 Å². The summed E-state index contributed by atoms with van der Waals surface area (Å²) in [5.74, 6) is 0.880. The summed E-state index contributed by atoms with van der Waals surface area (Å²) in [4.78, 5) is 21.9. The molecular weight excluding hydrogens is 310 g/mol. The highest BCUT2D eigenvalue weighted by Gasteiger charge is 2.23. The Balaban J connectivity index is 1.37. The van der Waals surface area contributed by atoms with Gasteiger partial charge in [0.1, 0.15) is 5.52 Å². The molecule has 2 aromatic heterocycles. The third-order valence-electron chi connectivity index (χ3n) is 4.09. The first kappa shape index (κ1) is 14.4. The molecule has 0 bridgehead atoms. The molecule has 1 amide bonds. The molecule has 118 valence electrons. The number of rotatable bonds is 3. The maximum atomic E-state index is 12.3. The average Bonchev–Trinajstić information content (AvgIpc) is 3.24. The predicted octanol–water partition coefficient (Wildman–Crippen LogP) is 2.85. The minimum Gasteiger partial charge on any atom is -0.439 e. The lowest BCUT2D eigenvalue weighted by molar-refractivity contribution is 0.0623. The van der Waals surface area contributed by atoms with Crippen LogP contribution in [0.2, 0.25) is 0 Å². The molecule has 0 saturated carbocycles. The van der Waals surface area contributed by atoms with Gasteiger partial charge in [-0.05, 0) is 23.6 Å². The smallest absolute Gasteiger partial charge is 0.264 e. The van der Waals surface area contributed by atoms with Gasteiger partial charge in [-0.3, -0.25) is 9.69 Å². The van der Waals surface area contributed by atoms with Gasteiger partial charge in [0.2, 0.25) is 5.89 Å². The van der Waals surface area contributed by atoms with Gasteiger partial charge >= 0.3 is 0 Å². The molecule has 0 atom stereocenters. The van der Waals surface area contributed by atoms with Crippen molar-refractivity contribution in [3.63, 3.8) is 0 Å². The molecule has 0 spiro atoms. The van der Waals surface area contributed by atoms with E-state index in [-0.39, 0.29) is 5.91 Å². The van der Waals surface area contributed by atoms with E-state index in [0.717, 1.165) is 48.0 Å². The number of amides is 1. The highest BCUT2D eigenvalue weighted by Crippen LogP contribution is 2.18. The summed E-state index contributed by atoms with van der Waals surface area (Å²) in [6.45, 7) is 3.87. The fraction of sp³-hybridized carbons (Fsp3) is 0.294. The van der Waals surface area contributed by atoms with Gasteiger partial charge in [0.15, 0.2) is 5.58 Å². The summed E-state index contributed by atoms with van der Waals surface area (Å²) in [5.41, 5.74) is 1.73. The Labute approximate surface area is 138 Å². The van der Waals surface area contributed by atoms with Crippen LogP contribution in [0.1, 0.15) is 15.6 Å². The molecule has 1 aromatic carbocycles. The van der Waals surface area contributed by atoms with Gasteiger partial charge in [-0.1, -0.05) is 18.2 Å². The zero-order valence-electron chi connectivity index (χ0n) is 12.6. The van der Waals surface area contributed by atoms with Crippen molar-refractivity contribution >= 4 is 28.3 Å². The summed E-state index contributed by atoms with van der Waals surface area (Å²) >= 11 is 1.50. The minimum absolute atomic E-state index is 0.140. The van der Waals surface area contributed by atoms with Crippen molar-refractivity contribution in [3.05, 3.63) is 52.5 Å². The van der Waals surface area contributed by atoms with Crippen molar-refractivity contribution in [2.45, 2.75) is 6.54 Å². The zero-order chi connectivity index (χ0) is 15.6. The Hall–Kier alpha value is -2.18. The van der Waals surface area contributed by atoms with Crippen LogP contribution in [0.4, 0.5) is 0 Å². The van der Waals surface area contributed by atoms with Crippen LogP contribution in [0.5, 0.6) is 0 Å². The van der Waals surface area contributed by atoms with Gasteiger partial charge in [0, 0.05) is 26.2 Å². The Morgan fingerprint density at radius 2 is 1.96 bits per heavy atom. The van der Waals surface area contributed by atoms with E-state index < -0.39 is 0 Å². The van der Waals surface area contributed by atoms with E-state index in [2.05, 4.69) is 9.88 Å². The fourth-order valence-electron chi connectivity index (χ4n) is 2.84. The van der Waals surface area contributed by atoms with Crippen molar-refractivity contribution in [2.75, 3.05) is 26.2 Å². The van der Waals surface area contributed by atoms with E-state index in [1.165, 1.54) is 11.3 Å². The monoisotopic (exact) mass is 327 g/mol. The summed E-state index contributed by atoms with van der Waals surface area (Å²) in [6, 6.07) is 11.6. The lowest BCUT2D eigenvalue weighted by Gasteiger charge is -2.33. The van der Waals surface area contributed by atoms with Crippen LogP contribution in [0, 0.1) is 0 Å². The van der Waals surface area contributed by atoms with Crippen molar-refractivity contribution < 1.29 is 9.21 Å². The summed E-state index contributed by atoms with van der Waals surface area (Å²) in [6.07, 6.45) is 0. The molecule has 5 nitrogen and oxygen atoms in total. The highest BCUT2D eigenvalue weighted by molar-refractivity contribution is 7.12. The van der Waals surface area contributed by atoms with Gasteiger partial charge in [-0.15, -0.1) is 11.3 Å². The first-order valence-electron chi connectivity index (χ1n) is 7.69. The second-order valence-corrected chi connectivity index (χ2v) is 6.57. The molecule has 23 heavy (non-hydrogen) atoms. The van der Waals surface area contributed by atoms with Gasteiger partial charge in [-0.2, -0.15) is 0 Å². The van der Waals surface area contributed by atoms with Crippen LogP contribution in [0.3, 0.4) is 0 Å². The number of carbonyl (C=O) groups is 1. The number of fused-ring (bicyclic) bond motifs is 1. The molecule has 1 aliphatic heterocycles. The first-order chi connectivity index (χ1) is 11.3. The number of para-hydroxylation sites is 2. The summed E-state index contributed by atoms with van der Waals surface area (Å²) in [5, 5.41) is 1.94. The average molecular weight is 327 g/mol. The number of hydrogen-bond donors (Lipinski definition) is 0. The second kappa shape index (κ2) is 6.14. The van der Waals surface area contributed by atoms with Crippen LogP contribution in [0.15, 0.2) is 46.2 Å². The molecule has 3 heterocycles. The van der Waals surface area contributed by atoms with E-state index in [4.69, 9.17) is 4.42 Å². The predicted molar refractivity (Wildman–Crippen MR) is 89.5 cm³/mol. The molecule has 1 saturated heterocycles. The van der Waals surface area contributed by atoms with Crippen LogP contribution in [-0.4, -0.2) is 46.9 Å². The summed E-state index contributed by atoms with van der Waals surface area (Å²) < 4.78 is 5.77. The van der Waals surface area contributed by atoms with E-state index in [0.29, 0.717) is 6.54 Å². The number of oxazole rings is 1. The lowest BCUT2D eigenvalue weighted by Crippen LogP contribution is -2.48. The zero-order valence-corrected chi connectivity index (χ0v) is 13.5. The second-order valence-electron chi connectivity index (χ2n) is 5.62. The number of nitrogens with zero attached hydrogens (tertiary/aromatic N) is 3. The SMILES string of the molecule is O=C(c1cccs1)N1CCN(Cc2nc3ccccc3o2)CC1. The number of hydrogen-bond acceptors (Lipinski definition) is 5. The Bertz CT molecular complexity index is 771. The van der Waals surface area contributed by atoms with Crippen LogP contribution in [0.25, 0.3) is 11.1 Å². The molecule has 0 N–H and O–H groups in total. The molecule has 6 heteroatoms. The standard InChI is InChI=1S/C17H17N3O2S/c21-17(15-6-3-11-23-15)20-9-7-19(8-10-20)12-16-18-13-4-1-2-5-14(13)22-16/h1-6,11H,7-10,12H2. The number of aromatic nitrogens is 1. The number of thiophene rings is 1. The highest BCUT2D eigenvalue weighted by atomic mass is 32.1. The van der Waals surface area contributed by atoms with Gasteiger partial charge < -0.3 is 9.32 Å². The topological polar surface area (TPSA) is 49.6 Å². The summed E-state index contributed by atoms with van der Waals surface area (Å²) in [7, 11) is 0. The van der Waals surface area contributed by atoms with Crippen LogP contribution in [-0.2, 0) is 6.54 Å². The maximum Gasteiger partial charge on any atom is 0.264 e. The molecular formula is C17H17N3O2S. The number of benzene rings is 1. The first-order valence-corrected chi connectivity index (χ1v) is 8.57. The maximum absolute atomic E-state index is 12.3. The van der Waals surface area contributed by atoms with E-state index in [1.807, 2.05) is 46.7 Å². The normalized spacial score (nSPS) is 16.1. The van der Waals surface area contributed by atoms with Gasteiger partial charge in [-0.25, -0.2) is 4.98 Å². The molecule has 0 unspecified atom stereocenters. The van der Waals surface area contributed by atoms with E-state index in [9.17, 15) is 4.79 Å². The van der Waals surface area contributed by atoms with Crippen molar-refractivity contribution in [1.82, 2.24) is 14.8 Å². The van der Waals surface area contributed by atoms with Crippen molar-refractivity contribution in [3.8, 4) is 0 Å². The molecule has 3 aromatic rings. The van der Waals surface area contributed by atoms with Crippen molar-refractivity contribution in [1.29, 1.82) is 0 Å². The van der Waals surface area contributed by atoms with Crippen LogP contribution < -0.4 is 0 Å². The molecule has 0 radical (unpaired) electrons. The number of carbonyl (C=O) groups excluding carboxylic acids is 1. The molecule has 0 aliphatic carbocycles. The van der Waals surface area contributed by atoms with E-state index >= 15 is 0 Å². The van der Waals surface area contributed by atoms with Crippen molar-refractivity contribution in [2.24, 2.45) is 0 Å². The van der Waals surface area contributed by atoms with E-state index in [1.54, 1.807) is 0 Å². The minimum atomic E-state index is 0.140. The molecule has 1 fully saturated rings. The molecule has 1 aliphatic rings. The third kappa shape index (κ3) is 3.00. The molecule has 4 rings (SSSR count). The fourth-order valence-corrected chi connectivity index (χ4v) is 3.53. The quantitative estimate of drug-likeness (QED) is 0.742. The lowest BCUT2D eigenvalue weighted by atomic mass is 10.3. The van der Waals surface area contributed by atoms with Gasteiger partial charge in [0.05, 0.1) is 11.4 Å².